The molecule has 1 aromatic rings. The Morgan fingerprint density at radius 1 is 1.39 bits per heavy atom. The SMILES string of the molecule is C#CCNC(=O)NCc1cccc(C(=O)OC)c1. The summed E-state index contributed by atoms with van der Waals surface area (Å²) in [5.74, 6) is 1.89. The molecule has 5 heteroatoms. The molecule has 0 bridgehead atoms. The van der Waals surface area contributed by atoms with Crippen LogP contribution in [0.3, 0.4) is 0 Å². The number of amides is 2. The number of nitrogens with one attached hydrogen (secondary N) is 2. The highest BCUT2D eigenvalue weighted by Gasteiger charge is 2.06. The van der Waals surface area contributed by atoms with E-state index in [2.05, 4.69) is 21.3 Å². The van der Waals surface area contributed by atoms with Gasteiger partial charge >= 0.3 is 12.0 Å². The van der Waals surface area contributed by atoms with E-state index in [1.54, 1.807) is 24.3 Å². The van der Waals surface area contributed by atoms with Crippen molar-refractivity contribution < 1.29 is 14.3 Å². The molecule has 2 N–H and O–H groups in total. The molecule has 0 saturated carbocycles. The quantitative estimate of drug-likeness (QED) is 0.613. The van der Waals surface area contributed by atoms with Crippen molar-refractivity contribution in [1.82, 2.24) is 10.6 Å². The number of rotatable bonds is 4. The maximum Gasteiger partial charge on any atom is 0.337 e. The molecule has 94 valence electrons. The first-order chi connectivity index (χ1) is 8.67. The van der Waals surface area contributed by atoms with Gasteiger partial charge in [-0.05, 0) is 17.7 Å². The predicted molar refractivity (Wildman–Crippen MR) is 66.9 cm³/mol. The Kier molecular flexibility index (Phi) is 5.26. The van der Waals surface area contributed by atoms with E-state index in [1.807, 2.05) is 0 Å². The van der Waals surface area contributed by atoms with Crippen LogP contribution >= 0.6 is 0 Å². The highest BCUT2D eigenvalue weighted by Crippen LogP contribution is 2.06. The Morgan fingerprint density at radius 2 is 2.17 bits per heavy atom. The molecule has 0 aliphatic carbocycles. The Hall–Kier alpha value is -2.48. The summed E-state index contributed by atoms with van der Waals surface area (Å²) in [4.78, 5) is 22.5. The molecule has 0 saturated heterocycles. The first kappa shape index (κ1) is 13.6. The molecule has 0 spiro atoms. The summed E-state index contributed by atoms with van der Waals surface area (Å²) in [7, 11) is 1.32. The fourth-order valence-electron chi connectivity index (χ4n) is 1.30. The zero-order valence-corrected chi connectivity index (χ0v) is 10.0. The normalized spacial score (nSPS) is 9.11. The smallest absolute Gasteiger partial charge is 0.337 e. The minimum absolute atomic E-state index is 0.175. The minimum Gasteiger partial charge on any atom is -0.465 e. The molecule has 1 aromatic carbocycles. The predicted octanol–water partition coefficient (Wildman–Crippen LogP) is 0.906. The highest BCUT2D eigenvalue weighted by atomic mass is 16.5. The lowest BCUT2D eigenvalue weighted by Crippen LogP contribution is -2.35. The number of esters is 1. The molecule has 0 aliphatic heterocycles. The van der Waals surface area contributed by atoms with Gasteiger partial charge in [-0.25, -0.2) is 9.59 Å². The summed E-state index contributed by atoms with van der Waals surface area (Å²) >= 11 is 0. The molecule has 0 heterocycles. The van der Waals surface area contributed by atoms with Crippen LogP contribution in [-0.2, 0) is 11.3 Å². The first-order valence-corrected chi connectivity index (χ1v) is 5.29. The second kappa shape index (κ2) is 6.97. The molecule has 0 aliphatic rings. The van der Waals surface area contributed by atoms with Crippen molar-refractivity contribution in [1.29, 1.82) is 0 Å². The monoisotopic (exact) mass is 246 g/mol. The highest BCUT2D eigenvalue weighted by molar-refractivity contribution is 5.89. The van der Waals surface area contributed by atoms with Crippen molar-refractivity contribution in [2.45, 2.75) is 6.54 Å². The van der Waals surface area contributed by atoms with Crippen LogP contribution in [0.15, 0.2) is 24.3 Å². The van der Waals surface area contributed by atoms with Crippen LogP contribution in [-0.4, -0.2) is 25.7 Å². The van der Waals surface area contributed by atoms with Crippen molar-refractivity contribution in [2.75, 3.05) is 13.7 Å². The molecule has 2 amide bonds. The fraction of sp³-hybridized carbons (Fsp3) is 0.231. The van der Waals surface area contributed by atoms with Gasteiger partial charge in [0.15, 0.2) is 0 Å². The summed E-state index contributed by atoms with van der Waals surface area (Å²) in [6, 6.07) is 6.48. The van der Waals surface area contributed by atoms with Crippen LogP contribution in [0.1, 0.15) is 15.9 Å². The number of urea groups is 1. The molecule has 1 rings (SSSR count). The number of carbonyl (C=O) groups excluding carboxylic acids is 2. The van der Waals surface area contributed by atoms with E-state index in [-0.39, 0.29) is 12.6 Å². The van der Waals surface area contributed by atoms with Crippen LogP contribution in [0.5, 0.6) is 0 Å². The van der Waals surface area contributed by atoms with Crippen LogP contribution in [0.2, 0.25) is 0 Å². The Balaban J connectivity index is 2.55. The van der Waals surface area contributed by atoms with Gasteiger partial charge in [0.25, 0.3) is 0 Å². The van der Waals surface area contributed by atoms with Crippen molar-refractivity contribution in [3.05, 3.63) is 35.4 Å². The standard InChI is InChI=1S/C13H14N2O3/c1-3-7-14-13(17)15-9-10-5-4-6-11(8-10)12(16)18-2/h1,4-6,8H,7,9H2,2H3,(H2,14,15,17). The van der Waals surface area contributed by atoms with Gasteiger partial charge in [0, 0.05) is 6.54 Å². The number of methoxy groups -OCH3 is 1. The van der Waals surface area contributed by atoms with Gasteiger partial charge in [-0.3, -0.25) is 0 Å². The zero-order chi connectivity index (χ0) is 13.4. The Bertz CT molecular complexity index is 477. The van der Waals surface area contributed by atoms with Crippen LogP contribution in [0, 0.1) is 12.3 Å². The van der Waals surface area contributed by atoms with Gasteiger partial charge in [0.2, 0.25) is 0 Å². The number of hydrogen-bond acceptors (Lipinski definition) is 3. The fourth-order valence-corrected chi connectivity index (χ4v) is 1.30. The summed E-state index contributed by atoms with van der Waals surface area (Å²) in [5, 5.41) is 5.09. The maximum absolute atomic E-state index is 11.3. The number of benzene rings is 1. The lowest BCUT2D eigenvalue weighted by Gasteiger charge is -2.06. The lowest BCUT2D eigenvalue weighted by atomic mass is 10.1. The summed E-state index contributed by atoms with van der Waals surface area (Å²) in [6.07, 6.45) is 5.01. The largest absolute Gasteiger partial charge is 0.465 e. The van der Waals surface area contributed by atoms with Crippen molar-refractivity contribution in [3.63, 3.8) is 0 Å². The molecule has 0 atom stereocenters. The van der Waals surface area contributed by atoms with E-state index in [4.69, 9.17) is 6.42 Å². The van der Waals surface area contributed by atoms with Gasteiger partial charge in [0.1, 0.15) is 0 Å². The second-order valence-corrected chi connectivity index (χ2v) is 3.43. The number of ether oxygens (including phenoxy) is 1. The Morgan fingerprint density at radius 3 is 2.83 bits per heavy atom. The van der Waals surface area contributed by atoms with Gasteiger partial charge < -0.3 is 15.4 Å². The number of carbonyl (C=O) groups is 2. The third kappa shape index (κ3) is 4.18. The average Bonchev–Trinajstić information content (AvgIpc) is 2.42. The van der Waals surface area contributed by atoms with E-state index >= 15 is 0 Å². The zero-order valence-electron chi connectivity index (χ0n) is 10.0. The molecule has 0 fully saturated rings. The number of terminal acetylenes is 1. The summed E-state index contributed by atoms with van der Waals surface area (Å²) < 4.78 is 4.61. The number of hydrogen-bond donors (Lipinski definition) is 2. The molecule has 0 aromatic heterocycles. The molecular formula is C13H14N2O3. The molecule has 5 nitrogen and oxygen atoms in total. The van der Waals surface area contributed by atoms with E-state index in [9.17, 15) is 9.59 Å². The maximum atomic E-state index is 11.3. The van der Waals surface area contributed by atoms with E-state index in [0.717, 1.165) is 5.56 Å². The van der Waals surface area contributed by atoms with Crippen LogP contribution in [0.25, 0.3) is 0 Å². The third-order valence-corrected chi connectivity index (χ3v) is 2.15. The van der Waals surface area contributed by atoms with Gasteiger partial charge in [-0.1, -0.05) is 18.1 Å². The van der Waals surface area contributed by atoms with Gasteiger partial charge in [0.05, 0.1) is 19.2 Å². The molecular weight excluding hydrogens is 232 g/mol. The van der Waals surface area contributed by atoms with Crippen molar-refractivity contribution in [3.8, 4) is 12.3 Å². The van der Waals surface area contributed by atoms with E-state index in [1.165, 1.54) is 7.11 Å². The minimum atomic E-state index is -0.409. The summed E-state index contributed by atoms with van der Waals surface area (Å²) in [5.41, 5.74) is 1.24. The van der Waals surface area contributed by atoms with Crippen LogP contribution < -0.4 is 10.6 Å². The molecule has 0 unspecified atom stereocenters. The summed E-state index contributed by atoms with van der Waals surface area (Å²) in [6.45, 7) is 0.481. The van der Waals surface area contributed by atoms with E-state index < -0.39 is 5.97 Å². The molecule has 0 radical (unpaired) electrons. The van der Waals surface area contributed by atoms with Crippen LogP contribution in [0.4, 0.5) is 4.79 Å². The first-order valence-electron chi connectivity index (χ1n) is 5.29. The lowest BCUT2D eigenvalue weighted by molar-refractivity contribution is 0.0600. The van der Waals surface area contributed by atoms with Gasteiger partial charge in [-0.15, -0.1) is 6.42 Å². The van der Waals surface area contributed by atoms with Gasteiger partial charge in [-0.2, -0.15) is 0 Å². The molecule has 18 heavy (non-hydrogen) atoms. The topological polar surface area (TPSA) is 67.4 Å². The average molecular weight is 246 g/mol. The van der Waals surface area contributed by atoms with Crippen molar-refractivity contribution in [2.24, 2.45) is 0 Å². The Labute approximate surface area is 106 Å². The van der Waals surface area contributed by atoms with E-state index in [0.29, 0.717) is 12.1 Å². The van der Waals surface area contributed by atoms with Crippen molar-refractivity contribution >= 4 is 12.0 Å². The third-order valence-electron chi connectivity index (χ3n) is 2.15. The second-order valence-electron chi connectivity index (χ2n) is 3.43.